The van der Waals surface area contributed by atoms with Gasteiger partial charge in [-0.05, 0) is 61.4 Å². The number of carbonyl (C=O) groups excluding carboxylic acids is 2. The highest BCUT2D eigenvalue weighted by Crippen LogP contribution is 2.29. The zero-order valence-corrected chi connectivity index (χ0v) is 19.6. The number of carbonyl (C=O) groups is 2. The summed E-state index contributed by atoms with van der Waals surface area (Å²) in [4.78, 5) is 25.4. The number of benzene rings is 1. The molecule has 0 aromatic heterocycles. The lowest BCUT2D eigenvalue weighted by Crippen LogP contribution is -2.56. The van der Waals surface area contributed by atoms with Crippen molar-refractivity contribution in [3.05, 3.63) is 35.4 Å². The van der Waals surface area contributed by atoms with Crippen LogP contribution in [0, 0.1) is 24.7 Å². The summed E-state index contributed by atoms with van der Waals surface area (Å²) in [5, 5.41) is 6.60. The third-order valence-corrected chi connectivity index (χ3v) is 6.26. The fraction of sp³-hybridized carbons (Fsp3) is 0.609. The van der Waals surface area contributed by atoms with Gasteiger partial charge in [0.05, 0.1) is 0 Å². The van der Waals surface area contributed by atoms with Gasteiger partial charge in [0, 0.05) is 11.6 Å². The van der Waals surface area contributed by atoms with Gasteiger partial charge in [-0.2, -0.15) is 0 Å². The van der Waals surface area contributed by atoms with Crippen molar-refractivity contribution in [1.29, 1.82) is 0 Å². The number of hydrogen-bond acceptors (Lipinski definition) is 3. The summed E-state index contributed by atoms with van der Waals surface area (Å²) < 4.78 is 0. The summed E-state index contributed by atoms with van der Waals surface area (Å²) >= 11 is 5.38. The van der Waals surface area contributed by atoms with Crippen LogP contribution in [0.15, 0.2) is 24.3 Å². The quantitative estimate of drug-likeness (QED) is 0.409. The highest BCUT2D eigenvalue weighted by atomic mass is 32.1. The van der Waals surface area contributed by atoms with Crippen LogP contribution in [0.3, 0.4) is 0 Å². The number of hydrazine groups is 1. The standard InChI is InChI=1S/C23H36N4O2S/c1-14(2)13-20(24-21(28)18-11-7-6-9-16(18)4)22(29)26-27-23(30)25-19-12-8-10-15(3)17(19)5/h6-7,9,11,14-15,17,19-20H,8,10,12-13H2,1-5H3,(H,24,28)(H,26,29)(H2,25,27,30)/t15-,17-,19-,20-/m0/s1. The van der Waals surface area contributed by atoms with Gasteiger partial charge in [0.1, 0.15) is 6.04 Å². The monoisotopic (exact) mass is 432 g/mol. The van der Waals surface area contributed by atoms with E-state index in [1.165, 1.54) is 12.8 Å². The fourth-order valence-corrected chi connectivity index (χ4v) is 4.16. The normalized spacial score (nSPS) is 22.1. The van der Waals surface area contributed by atoms with Gasteiger partial charge >= 0.3 is 0 Å². The largest absolute Gasteiger partial charge is 0.358 e. The van der Waals surface area contributed by atoms with Gasteiger partial charge in [0.2, 0.25) is 0 Å². The van der Waals surface area contributed by atoms with Gasteiger partial charge in [-0.1, -0.05) is 58.7 Å². The summed E-state index contributed by atoms with van der Waals surface area (Å²) in [6.07, 6.45) is 4.03. The molecular weight excluding hydrogens is 396 g/mol. The van der Waals surface area contributed by atoms with Crippen molar-refractivity contribution >= 4 is 29.1 Å². The highest BCUT2D eigenvalue weighted by molar-refractivity contribution is 7.80. The zero-order valence-electron chi connectivity index (χ0n) is 18.7. The average molecular weight is 433 g/mol. The minimum Gasteiger partial charge on any atom is -0.358 e. The molecule has 0 saturated heterocycles. The van der Waals surface area contributed by atoms with Crippen molar-refractivity contribution in [2.75, 3.05) is 0 Å². The molecule has 0 radical (unpaired) electrons. The van der Waals surface area contributed by atoms with E-state index in [4.69, 9.17) is 12.2 Å². The molecule has 0 bridgehead atoms. The van der Waals surface area contributed by atoms with Gasteiger partial charge in [0.25, 0.3) is 11.8 Å². The molecule has 7 heteroatoms. The lowest BCUT2D eigenvalue weighted by molar-refractivity contribution is -0.123. The molecule has 1 saturated carbocycles. The Morgan fingerprint density at radius 2 is 1.83 bits per heavy atom. The minimum atomic E-state index is -0.652. The molecule has 1 aromatic carbocycles. The van der Waals surface area contributed by atoms with E-state index in [0.717, 1.165) is 12.0 Å². The van der Waals surface area contributed by atoms with Crippen LogP contribution < -0.4 is 21.5 Å². The molecule has 1 aliphatic rings. The Morgan fingerprint density at radius 3 is 2.50 bits per heavy atom. The van der Waals surface area contributed by atoms with Crippen molar-refractivity contribution in [1.82, 2.24) is 21.5 Å². The Bertz CT molecular complexity index is 752. The summed E-state index contributed by atoms with van der Waals surface area (Å²) in [6.45, 7) is 10.4. The summed E-state index contributed by atoms with van der Waals surface area (Å²) in [5.74, 6) is 0.865. The number of aryl methyl sites for hydroxylation is 1. The molecule has 4 atom stereocenters. The van der Waals surface area contributed by atoms with Crippen LogP contribution in [0.1, 0.15) is 69.3 Å². The predicted molar refractivity (Wildman–Crippen MR) is 125 cm³/mol. The summed E-state index contributed by atoms with van der Waals surface area (Å²) in [6, 6.07) is 7.00. The van der Waals surface area contributed by atoms with Crippen molar-refractivity contribution in [2.24, 2.45) is 17.8 Å². The lowest BCUT2D eigenvalue weighted by atomic mass is 9.78. The van der Waals surface area contributed by atoms with Gasteiger partial charge in [-0.25, -0.2) is 0 Å². The van der Waals surface area contributed by atoms with E-state index in [9.17, 15) is 9.59 Å². The zero-order chi connectivity index (χ0) is 22.3. The molecule has 1 aromatic rings. The molecule has 30 heavy (non-hydrogen) atoms. The van der Waals surface area contributed by atoms with Crippen LogP contribution in [0.2, 0.25) is 0 Å². The van der Waals surface area contributed by atoms with Crippen molar-refractivity contribution in [3.63, 3.8) is 0 Å². The van der Waals surface area contributed by atoms with Crippen LogP contribution >= 0.6 is 12.2 Å². The molecule has 0 heterocycles. The first-order chi connectivity index (χ1) is 14.2. The average Bonchev–Trinajstić information content (AvgIpc) is 2.69. The number of nitrogens with one attached hydrogen (secondary N) is 4. The van der Waals surface area contributed by atoms with Gasteiger partial charge in [-0.15, -0.1) is 0 Å². The molecule has 2 rings (SSSR count). The van der Waals surface area contributed by atoms with E-state index in [-0.39, 0.29) is 17.7 Å². The predicted octanol–water partition coefficient (Wildman–Crippen LogP) is 3.46. The lowest BCUT2D eigenvalue weighted by Gasteiger charge is -2.35. The first-order valence-electron chi connectivity index (χ1n) is 10.9. The maximum Gasteiger partial charge on any atom is 0.260 e. The fourth-order valence-electron chi connectivity index (χ4n) is 3.96. The van der Waals surface area contributed by atoms with Crippen LogP contribution in [0.4, 0.5) is 0 Å². The second-order valence-corrected chi connectivity index (χ2v) is 9.34. The second-order valence-electron chi connectivity index (χ2n) is 8.93. The maximum atomic E-state index is 12.8. The van der Waals surface area contributed by atoms with E-state index in [1.807, 2.05) is 39.0 Å². The van der Waals surface area contributed by atoms with Crippen LogP contribution in [0.25, 0.3) is 0 Å². The smallest absolute Gasteiger partial charge is 0.260 e. The SMILES string of the molecule is Cc1ccccc1C(=O)N[C@@H](CC(C)C)C(=O)NNC(=S)N[C@H]1CCC[C@H](C)[C@@H]1C. The molecule has 1 aliphatic carbocycles. The van der Waals surface area contributed by atoms with Crippen molar-refractivity contribution in [3.8, 4) is 0 Å². The number of amides is 2. The molecule has 166 valence electrons. The Hall–Kier alpha value is -2.15. The topological polar surface area (TPSA) is 82.3 Å². The maximum absolute atomic E-state index is 12.8. The molecule has 6 nitrogen and oxygen atoms in total. The summed E-state index contributed by atoms with van der Waals surface area (Å²) in [7, 11) is 0. The number of rotatable bonds is 6. The molecule has 0 aliphatic heterocycles. The van der Waals surface area contributed by atoms with E-state index >= 15 is 0 Å². The van der Waals surface area contributed by atoms with E-state index < -0.39 is 6.04 Å². The van der Waals surface area contributed by atoms with Crippen molar-refractivity contribution in [2.45, 2.75) is 72.4 Å². The van der Waals surface area contributed by atoms with Gasteiger partial charge < -0.3 is 10.6 Å². The van der Waals surface area contributed by atoms with Gasteiger partial charge in [-0.3, -0.25) is 20.4 Å². The molecule has 4 N–H and O–H groups in total. The first-order valence-corrected chi connectivity index (χ1v) is 11.3. The van der Waals surface area contributed by atoms with Crippen LogP contribution in [-0.2, 0) is 4.79 Å². The van der Waals surface area contributed by atoms with Crippen molar-refractivity contribution < 1.29 is 9.59 Å². The molecule has 1 fully saturated rings. The molecular formula is C23H36N4O2S. The van der Waals surface area contributed by atoms with E-state index in [1.54, 1.807) is 6.07 Å². The Kier molecular flexibility index (Phi) is 9.08. The number of hydrogen-bond donors (Lipinski definition) is 4. The first kappa shape index (κ1) is 24.1. The van der Waals surface area contributed by atoms with Crippen LogP contribution in [0.5, 0.6) is 0 Å². The molecule has 0 unspecified atom stereocenters. The van der Waals surface area contributed by atoms with E-state index in [0.29, 0.717) is 35.0 Å². The Balaban J connectivity index is 1.92. The van der Waals surface area contributed by atoms with E-state index in [2.05, 4.69) is 35.3 Å². The third kappa shape index (κ3) is 6.97. The van der Waals surface area contributed by atoms with Gasteiger partial charge in [0.15, 0.2) is 5.11 Å². The molecule has 2 amide bonds. The molecule has 0 spiro atoms. The highest BCUT2D eigenvalue weighted by Gasteiger charge is 2.28. The Labute approximate surface area is 185 Å². The third-order valence-electron chi connectivity index (χ3n) is 6.04. The number of thiocarbonyl (C=S) groups is 1. The minimum absolute atomic E-state index is 0.243. The second kappa shape index (κ2) is 11.3. The van der Waals surface area contributed by atoms with Crippen LogP contribution in [-0.4, -0.2) is 29.0 Å². The Morgan fingerprint density at radius 1 is 1.13 bits per heavy atom. The summed E-state index contributed by atoms with van der Waals surface area (Å²) in [5.41, 5.74) is 6.93.